The third-order valence-electron chi connectivity index (χ3n) is 1.62. The minimum atomic E-state index is -0.154. The van der Waals surface area contributed by atoms with Gasteiger partial charge in [-0.05, 0) is 51.1 Å². The van der Waals surface area contributed by atoms with Crippen LogP contribution in [0.1, 0.15) is 15.4 Å². The van der Waals surface area contributed by atoms with E-state index in [1.165, 1.54) is 11.3 Å². The molecule has 0 aliphatic heterocycles. The Labute approximate surface area is 97.6 Å². The molecule has 5 heteroatoms. The Morgan fingerprint density at radius 2 is 2.21 bits per heavy atom. The predicted molar refractivity (Wildman–Crippen MR) is 59.2 cm³/mol. The molecular formula is C9H4BrClO2S. The number of carbonyl (C=O) groups excluding carboxylic acids is 1. The fraction of sp³-hybridized carbons (Fsp3) is 0. The van der Waals surface area contributed by atoms with Crippen LogP contribution in [-0.4, -0.2) is 5.78 Å². The van der Waals surface area contributed by atoms with Gasteiger partial charge in [0.15, 0.2) is 11.0 Å². The summed E-state index contributed by atoms with van der Waals surface area (Å²) in [7, 11) is 0. The molecule has 0 bridgehead atoms. The van der Waals surface area contributed by atoms with Crippen LogP contribution in [0.2, 0.25) is 5.22 Å². The van der Waals surface area contributed by atoms with Crippen molar-refractivity contribution >= 4 is 44.7 Å². The predicted octanol–water partition coefficient (Wildman–Crippen LogP) is 3.99. The highest BCUT2D eigenvalue weighted by Crippen LogP contribution is 2.26. The molecule has 2 nitrogen and oxygen atoms in total. The van der Waals surface area contributed by atoms with Crippen molar-refractivity contribution in [1.82, 2.24) is 0 Å². The van der Waals surface area contributed by atoms with Crippen molar-refractivity contribution in [1.29, 1.82) is 0 Å². The monoisotopic (exact) mass is 290 g/mol. The first-order valence-corrected chi connectivity index (χ1v) is 5.76. The van der Waals surface area contributed by atoms with Gasteiger partial charge in [-0.1, -0.05) is 0 Å². The first-order chi connectivity index (χ1) is 6.68. The van der Waals surface area contributed by atoms with Crippen LogP contribution in [0.3, 0.4) is 0 Å². The molecule has 0 saturated carbocycles. The molecule has 0 unspecified atom stereocenters. The lowest BCUT2D eigenvalue weighted by Gasteiger charge is -1.93. The molecule has 0 N–H and O–H groups in total. The summed E-state index contributed by atoms with van der Waals surface area (Å²) in [6.07, 6.45) is 0. The van der Waals surface area contributed by atoms with Gasteiger partial charge in [0, 0.05) is 4.47 Å². The van der Waals surface area contributed by atoms with Gasteiger partial charge in [-0.2, -0.15) is 0 Å². The number of thiophene rings is 1. The Bertz CT molecular complexity index is 475. The van der Waals surface area contributed by atoms with E-state index in [2.05, 4.69) is 15.9 Å². The smallest absolute Gasteiger partial charge is 0.239 e. The minimum absolute atomic E-state index is 0.154. The molecule has 0 aromatic carbocycles. The van der Waals surface area contributed by atoms with Gasteiger partial charge in [-0.25, -0.2) is 0 Å². The third-order valence-corrected chi connectivity index (χ3v) is 3.66. The molecule has 72 valence electrons. The molecule has 0 aliphatic carbocycles. The molecular weight excluding hydrogens is 288 g/mol. The Kier molecular flexibility index (Phi) is 2.76. The van der Waals surface area contributed by atoms with Crippen LogP contribution in [0.5, 0.6) is 0 Å². The zero-order valence-electron chi connectivity index (χ0n) is 6.79. The molecule has 0 atom stereocenters. The number of hydrogen-bond donors (Lipinski definition) is 0. The Hall–Kier alpha value is -0.580. The highest BCUT2D eigenvalue weighted by molar-refractivity contribution is 9.10. The first kappa shape index (κ1) is 9.96. The second-order valence-electron chi connectivity index (χ2n) is 2.53. The van der Waals surface area contributed by atoms with Crippen LogP contribution in [0.4, 0.5) is 0 Å². The van der Waals surface area contributed by atoms with E-state index in [0.717, 1.165) is 4.47 Å². The summed E-state index contributed by atoms with van der Waals surface area (Å²) >= 11 is 10.2. The highest BCUT2D eigenvalue weighted by Gasteiger charge is 2.17. The second-order valence-corrected chi connectivity index (χ2v) is 4.67. The van der Waals surface area contributed by atoms with Gasteiger partial charge in [0.2, 0.25) is 5.78 Å². The summed E-state index contributed by atoms with van der Waals surface area (Å²) in [6.45, 7) is 0. The van der Waals surface area contributed by atoms with Crippen molar-refractivity contribution < 1.29 is 9.21 Å². The van der Waals surface area contributed by atoms with Crippen LogP contribution in [0, 0.1) is 0 Å². The van der Waals surface area contributed by atoms with Gasteiger partial charge in [0.1, 0.15) is 0 Å². The lowest BCUT2D eigenvalue weighted by Crippen LogP contribution is -1.96. The van der Waals surface area contributed by atoms with Gasteiger partial charge in [0.25, 0.3) is 0 Å². The van der Waals surface area contributed by atoms with Crippen LogP contribution in [0.25, 0.3) is 0 Å². The van der Waals surface area contributed by atoms with E-state index < -0.39 is 0 Å². The van der Waals surface area contributed by atoms with Gasteiger partial charge in [-0.3, -0.25) is 4.79 Å². The molecule has 0 fully saturated rings. The summed E-state index contributed by atoms with van der Waals surface area (Å²) in [5, 5.41) is 2.06. The number of rotatable bonds is 2. The molecule has 2 aromatic rings. The summed E-state index contributed by atoms with van der Waals surface area (Å²) in [5.41, 5.74) is 0. The summed E-state index contributed by atoms with van der Waals surface area (Å²) in [4.78, 5) is 12.4. The van der Waals surface area contributed by atoms with E-state index >= 15 is 0 Å². The van der Waals surface area contributed by atoms with E-state index in [0.29, 0.717) is 4.88 Å². The second kappa shape index (κ2) is 3.88. The first-order valence-electron chi connectivity index (χ1n) is 3.71. The molecule has 0 radical (unpaired) electrons. The van der Waals surface area contributed by atoms with Gasteiger partial charge < -0.3 is 4.42 Å². The molecule has 2 rings (SSSR count). The van der Waals surface area contributed by atoms with Crippen molar-refractivity contribution in [3.8, 4) is 0 Å². The number of ketones is 1. The molecule has 0 amide bonds. The van der Waals surface area contributed by atoms with Crippen LogP contribution < -0.4 is 0 Å². The molecule has 14 heavy (non-hydrogen) atoms. The van der Waals surface area contributed by atoms with E-state index in [4.69, 9.17) is 16.0 Å². The molecule has 0 saturated heterocycles. The van der Waals surface area contributed by atoms with Crippen molar-refractivity contribution in [2.75, 3.05) is 0 Å². The third kappa shape index (κ3) is 1.78. The topological polar surface area (TPSA) is 30.2 Å². The number of hydrogen-bond acceptors (Lipinski definition) is 3. The van der Waals surface area contributed by atoms with Crippen molar-refractivity contribution in [2.45, 2.75) is 0 Å². The average molecular weight is 292 g/mol. The fourth-order valence-electron chi connectivity index (χ4n) is 1.00. The van der Waals surface area contributed by atoms with Crippen molar-refractivity contribution in [3.63, 3.8) is 0 Å². The maximum atomic E-state index is 11.8. The summed E-state index contributed by atoms with van der Waals surface area (Å²) in [5.74, 6) is 0.108. The maximum absolute atomic E-state index is 11.8. The van der Waals surface area contributed by atoms with Gasteiger partial charge in [-0.15, -0.1) is 11.3 Å². The summed E-state index contributed by atoms with van der Waals surface area (Å²) in [6, 6.07) is 4.94. The Morgan fingerprint density at radius 1 is 1.43 bits per heavy atom. The highest BCUT2D eigenvalue weighted by atomic mass is 79.9. The van der Waals surface area contributed by atoms with E-state index in [9.17, 15) is 4.79 Å². The van der Waals surface area contributed by atoms with Gasteiger partial charge >= 0.3 is 0 Å². The zero-order valence-corrected chi connectivity index (χ0v) is 9.95. The Balaban J connectivity index is 2.38. The fourth-order valence-corrected chi connectivity index (χ4v) is 2.65. The normalized spacial score (nSPS) is 10.4. The largest absolute Gasteiger partial charge is 0.441 e. The molecule has 2 aromatic heterocycles. The van der Waals surface area contributed by atoms with Gasteiger partial charge in [0.05, 0.1) is 4.88 Å². The average Bonchev–Trinajstić information content (AvgIpc) is 2.73. The Morgan fingerprint density at radius 3 is 2.71 bits per heavy atom. The van der Waals surface area contributed by atoms with Crippen molar-refractivity contribution in [2.24, 2.45) is 0 Å². The number of halogens is 2. The van der Waals surface area contributed by atoms with Crippen LogP contribution >= 0.6 is 38.9 Å². The van der Waals surface area contributed by atoms with E-state index in [1.807, 2.05) is 11.4 Å². The van der Waals surface area contributed by atoms with Crippen LogP contribution in [-0.2, 0) is 0 Å². The number of furan rings is 1. The molecule has 0 spiro atoms. The molecule has 2 heterocycles. The minimum Gasteiger partial charge on any atom is -0.441 e. The summed E-state index contributed by atoms with van der Waals surface area (Å²) < 4.78 is 5.80. The zero-order chi connectivity index (χ0) is 10.1. The lowest BCUT2D eigenvalue weighted by molar-refractivity contribution is 0.101. The lowest BCUT2D eigenvalue weighted by atomic mass is 10.2. The number of carbonyl (C=O) groups is 1. The van der Waals surface area contributed by atoms with Crippen LogP contribution in [0.15, 0.2) is 32.5 Å². The SMILES string of the molecule is O=C(c1ccc(Cl)o1)c1sccc1Br. The standard InChI is InChI=1S/C9H4BrClO2S/c10-5-3-4-14-9(5)8(12)6-1-2-7(11)13-6/h1-4H. The van der Waals surface area contributed by atoms with E-state index in [-0.39, 0.29) is 16.8 Å². The molecule has 0 aliphatic rings. The van der Waals surface area contributed by atoms with Crippen molar-refractivity contribution in [3.05, 3.63) is 43.9 Å². The van der Waals surface area contributed by atoms with E-state index in [1.54, 1.807) is 12.1 Å². The quantitative estimate of drug-likeness (QED) is 0.783. The maximum Gasteiger partial charge on any atom is 0.239 e.